The Kier molecular flexibility index (Phi) is 5.80. The fourth-order valence-corrected chi connectivity index (χ4v) is 1.82. The maximum absolute atomic E-state index is 10.8. The number of nitrogens with zero attached hydrogens (tertiary/aromatic N) is 1. The van der Waals surface area contributed by atoms with E-state index in [2.05, 4.69) is 15.3 Å². The molecule has 5 nitrogen and oxygen atoms in total. The first-order valence-corrected chi connectivity index (χ1v) is 6.90. The molecule has 0 aromatic heterocycles. The van der Waals surface area contributed by atoms with Gasteiger partial charge in [-0.2, -0.15) is 5.10 Å². The number of amides is 1. The maximum atomic E-state index is 10.8. The number of hydrogen-bond donors (Lipinski definition) is 1. The van der Waals surface area contributed by atoms with Crippen LogP contribution in [0.5, 0.6) is 5.75 Å². The quantitative estimate of drug-likeness (QED) is 0.676. The van der Waals surface area contributed by atoms with Crippen LogP contribution in [0.25, 0.3) is 0 Å². The molecule has 6 heteroatoms. The summed E-state index contributed by atoms with van der Waals surface area (Å²) in [7, 11) is 1.27. The third kappa shape index (κ3) is 4.79. The van der Waals surface area contributed by atoms with Gasteiger partial charge in [0.2, 0.25) is 0 Å². The third-order valence-electron chi connectivity index (χ3n) is 2.79. The molecule has 1 amide bonds. The number of benzene rings is 2. The van der Waals surface area contributed by atoms with Gasteiger partial charge in [-0.1, -0.05) is 29.8 Å². The summed E-state index contributed by atoms with van der Waals surface area (Å²) >= 11 is 6.07. The van der Waals surface area contributed by atoms with Gasteiger partial charge in [0.1, 0.15) is 12.4 Å². The van der Waals surface area contributed by atoms with E-state index in [-0.39, 0.29) is 0 Å². The van der Waals surface area contributed by atoms with E-state index >= 15 is 0 Å². The van der Waals surface area contributed by atoms with Crippen molar-refractivity contribution in [2.24, 2.45) is 5.10 Å². The Morgan fingerprint density at radius 3 is 2.64 bits per heavy atom. The highest BCUT2D eigenvalue weighted by Crippen LogP contribution is 2.18. The third-order valence-corrected chi connectivity index (χ3v) is 3.16. The number of ether oxygens (including phenoxy) is 2. The van der Waals surface area contributed by atoms with Crippen molar-refractivity contribution in [1.29, 1.82) is 0 Å². The van der Waals surface area contributed by atoms with Crippen molar-refractivity contribution in [3.63, 3.8) is 0 Å². The molecule has 0 spiro atoms. The molecular formula is C16H15ClN2O3. The average molecular weight is 319 g/mol. The summed E-state index contributed by atoms with van der Waals surface area (Å²) in [6.45, 7) is 0.400. The van der Waals surface area contributed by atoms with Crippen LogP contribution in [0.2, 0.25) is 5.02 Å². The second-order valence-electron chi connectivity index (χ2n) is 4.31. The lowest BCUT2D eigenvalue weighted by Crippen LogP contribution is -2.16. The van der Waals surface area contributed by atoms with Gasteiger partial charge in [-0.25, -0.2) is 10.2 Å². The lowest BCUT2D eigenvalue weighted by Gasteiger charge is -2.07. The second kappa shape index (κ2) is 8.05. The first-order chi connectivity index (χ1) is 10.7. The number of hydrogen-bond acceptors (Lipinski definition) is 4. The van der Waals surface area contributed by atoms with Crippen LogP contribution in [-0.2, 0) is 11.3 Å². The summed E-state index contributed by atoms with van der Waals surface area (Å²) < 4.78 is 10.1. The number of carbonyl (C=O) groups excluding carboxylic acids is 1. The number of methoxy groups -OCH3 is 1. The molecule has 0 heterocycles. The minimum atomic E-state index is -0.615. The van der Waals surface area contributed by atoms with Crippen molar-refractivity contribution < 1.29 is 14.3 Å². The molecule has 0 radical (unpaired) electrons. The van der Waals surface area contributed by atoms with E-state index in [0.717, 1.165) is 16.9 Å². The number of carbonyl (C=O) groups is 1. The lowest BCUT2D eigenvalue weighted by molar-refractivity contribution is 0.171. The molecule has 2 aromatic rings. The van der Waals surface area contributed by atoms with E-state index in [1.54, 1.807) is 0 Å². The molecule has 2 rings (SSSR count). The standard InChI is InChI=1S/C16H15ClN2O3/c1-21-16(20)19-18-10-12-6-8-14(9-7-12)22-11-13-4-2-3-5-15(13)17/h2-10H,11H2,1H3,(H,19,20). The van der Waals surface area contributed by atoms with Crippen LogP contribution < -0.4 is 10.2 Å². The summed E-state index contributed by atoms with van der Waals surface area (Å²) in [6, 6.07) is 14.8. The monoisotopic (exact) mass is 318 g/mol. The minimum Gasteiger partial charge on any atom is -0.489 e. The molecule has 0 atom stereocenters. The fraction of sp³-hybridized carbons (Fsp3) is 0.125. The second-order valence-corrected chi connectivity index (χ2v) is 4.72. The van der Waals surface area contributed by atoms with Crippen molar-refractivity contribution in [3.8, 4) is 5.75 Å². The number of hydrazone groups is 1. The van der Waals surface area contributed by atoms with Crippen LogP contribution in [0.3, 0.4) is 0 Å². The Balaban J connectivity index is 1.89. The van der Waals surface area contributed by atoms with Crippen molar-refractivity contribution in [2.45, 2.75) is 6.61 Å². The summed E-state index contributed by atoms with van der Waals surface area (Å²) in [5, 5.41) is 4.42. The van der Waals surface area contributed by atoms with E-state index in [0.29, 0.717) is 11.6 Å². The first kappa shape index (κ1) is 15.9. The summed E-state index contributed by atoms with van der Waals surface area (Å²) in [5.41, 5.74) is 3.96. The smallest absolute Gasteiger partial charge is 0.427 e. The Labute approximate surface area is 133 Å². The molecule has 1 N–H and O–H groups in total. The van der Waals surface area contributed by atoms with Crippen LogP contribution >= 0.6 is 11.6 Å². The number of halogens is 1. The summed E-state index contributed by atoms with van der Waals surface area (Å²) in [5.74, 6) is 0.720. The highest BCUT2D eigenvalue weighted by atomic mass is 35.5. The highest BCUT2D eigenvalue weighted by molar-refractivity contribution is 6.31. The van der Waals surface area contributed by atoms with Crippen LogP contribution in [0.4, 0.5) is 4.79 Å². The summed E-state index contributed by atoms with van der Waals surface area (Å²) in [4.78, 5) is 10.8. The number of nitrogens with one attached hydrogen (secondary N) is 1. The molecule has 0 saturated heterocycles. The zero-order chi connectivity index (χ0) is 15.8. The van der Waals surface area contributed by atoms with Crippen LogP contribution in [0.1, 0.15) is 11.1 Å². The SMILES string of the molecule is COC(=O)NN=Cc1ccc(OCc2ccccc2Cl)cc1. The van der Waals surface area contributed by atoms with Gasteiger partial charge < -0.3 is 9.47 Å². The maximum Gasteiger partial charge on any atom is 0.427 e. The molecule has 0 aliphatic heterocycles. The van der Waals surface area contributed by atoms with Crippen molar-refractivity contribution in [2.75, 3.05) is 7.11 Å². The molecule has 22 heavy (non-hydrogen) atoms. The van der Waals surface area contributed by atoms with E-state index in [1.165, 1.54) is 13.3 Å². The molecule has 114 valence electrons. The van der Waals surface area contributed by atoms with Gasteiger partial charge in [-0.05, 0) is 35.9 Å². The first-order valence-electron chi connectivity index (χ1n) is 6.52. The molecule has 0 bridgehead atoms. The van der Waals surface area contributed by atoms with Crippen molar-refractivity contribution in [1.82, 2.24) is 5.43 Å². The van der Waals surface area contributed by atoms with Gasteiger partial charge in [0.25, 0.3) is 0 Å². The molecule has 2 aromatic carbocycles. The van der Waals surface area contributed by atoms with Crippen LogP contribution in [0.15, 0.2) is 53.6 Å². The fourth-order valence-electron chi connectivity index (χ4n) is 1.63. The van der Waals surface area contributed by atoms with Crippen molar-refractivity contribution in [3.05, 3.63) is 64.7 Å². The Morgan fingerprint density at radius 2 is 1.95 bits per heavy atom. The van der Waals surface area contributed by atoms with Gasteiger partial charge in [0.15, 0.2) is 0 Å². The molecule has 0 aliphatic carbocycles. The topological polar surface area (TPSA) is 59.9 Å². The molecule has 0 fully saturated rings. The molecule has 0 aliphatic rings. The summed E-state index contributed by atoms with van der Waals surface area (Å²) in [6.07, 6.45) is 0.894. The predicted molar refractivity (Wildman–Crippen MR) is 85.4 cm³/mol. The molecule has 0 unspecified atom stereocenters. The van der Waals surface area contributed by atoms with Crippen molar-refractivity contribution >= 4 is 23.9 Å². The lowest BCUT2D eigenvalue weighted by atomic mass is 10.2. The zero-order valence-electron chi connectivity index (χ0n) is 12.0. The normalized spacial score (nSPS) is 10.5. The van der Waals surface area contributed by atoms with Gasteiger partial charge in [-0.3, -0.25) is 0 Å². The van der Waals surface area contributed by atoms with Gasteiger partial charge >= 0.3 is 6.09 Å². The Hall–Kier alpha value is -2.53. The van der Waals surface area contributed by atoms with E-state index < -0.39 is 6.09 Å². The molecular weight excluding hydrogens is 304 g/mol. The highest BCUT2D eigenvalue weighted by Gasteiger charge is 2.00. The van der Waals surface area contributed by atoms with E-state index in [9.17, 15) is 4.79 Å². The Morgan fingerprint density at radius 1 is 1.23 bits per heavy atom. The van der Waals surface area contributed by atoms with Gasteiger partial charge in [0, 0.05) is 10.6 Å². The van der Waals surface area contributed by atoms with E-state index in [1.807, 2.05) is 48.5 Å². The molecule has 0 saturated carbocycles. The van der Waals surface area contributed by atoms with E-state index in [4.69, 9.17) is 16.3 Å². The van der Waals surface area contributed by atoms with Crippen LogP contribution in [-0.4, -0.2) is 19.4 Å². The predicted octanol–water partition coefficient (Wildman–Crippen LogP) is 3.61. The number of rotatable bonds is 5. The largest absolute Gasteiger partial charge is 0.489 e. The van der Waals surface area contributed by atoms with Crippen LogP contribution in [0, 0.1) is 0 Å². The zero-order valence-corrected chi connectivity index (χ0v) is 12.7. The van der Waals surface area contributed by atoms with Gasteiger partial charge in [-0.15, -0.1) is 0 Å². The minimum absolute atomic E-state index is 0.400. The van der Waals surface area contributed by atoms with Gasteiger partial charge in [0.05, 0.1) is 13.3 Å². The Bertz CT molecular complexity index is 657. The average Bonchev–Trinajstić information content (AvgIpc) is 2.55.